The number of rotatable bonds is 2. The van der Waals surface area contributed by atoms with Crippen molar-refractivity contribution < 1.29 is 9.47 Å². The van der Waals surface area contributed by atoms with E-state index < -0.39 is 0 Å². The highest BCUT2D eigenvalue weighted by Gasteiger charge is 2.15. The van der Waals surface area contributed by atoms with Crippen molar-refractivity contribution in [3.8, 4) is 34.0 Å². The quantitative estimate of drug-likeness (QED) is 0.721. The molecular formula is C15H10BrN3O2. The molecule has 0 atom stereocenters. The molecule has 4 rings (SSSR count). The Hall–Kier alpha value is -2.34. The minimum Gasteiger partial charge on any atom is -0.454 e. The number of ether oxygens (including phenoxy) is 2. The second-order valence-corrected chi connectivity index (χ2v) is 5.41. The van der Waals surface area contributed by atoms with E-state index in [4.69, 9.17) is 9.47 Å². The molecule has 0 saturated carbocycles. The molecule has 1 aromatic carbocycles. The lowest BCUT2D eigenvalue weighted by atomic mass is 10.1. The minimum absolute atomic E-state index is 0.273. The minimum atomic E-state index is 0.273. The molecule has 0 spiro atoms. The van der Waals surface area contributed by atoms with Gasteiger partial charge in [0.25, 0.3) is 0 Å². The molecule has 2 aromatic heterocycles. The highest BCUT2D eigenvalue weighted by atomic mass is 79.9. The van der Waals surface area contributed by atoms with Crippen LogP contribution in [0.2, 0.25) is 0 Å². The Balaban J connectivity index is 1.71. The SMILES string of the molecule is Brc1cc(-c2cc(-c3ccc4c(c3)OCO4)n[nH]2)ccn1. The zero-order valence-electron chi connectivity index (χ0n) is 10.8. The zero-order valence-corrected chi connectivity index (χ0v) is 12.4. The van der Waals surface area contributed by atoms with Crippen LogP contribution in [0.15, 0.2) is 47.2 Å². The van der Waals surface area contributed by atoms with Gasteiger partial charge in [0.2, 0.25) is 6.79 Å². The fraction of sp³-hybridized carbons (Fsp3) is 0.0667. The van der Waals surface area contributed by atoms with Gasteiger partial charge in [-0.05, 0) is 52.3 Å². The van der Waals surface area contributed by atoms with Gasteiger partial charge in [0.1, 0.15) is 4.60 Å². The van der Waals surface area contributed by atoms with Gasteiger partial charge in [-0.2, -0.15) is 5.10 Å². The van der Waals surface area contributed by atoms with E-state index >= 15 is 0 Å². The van der Waals surface area contributed by atoms with E-state index in [9.17, 15) is 0 Å². The number of aromatic nitrogens is 3. The first kappa shape index (κ1) is 12.4. The fourth-order valence-corrected chi connectivity index (χ4v) is 2.61. The van der Waals surface area contributed by atoms with Crippen LogP contribution in [0.1, 0.15) is 0 Å². The lowest BCUT2D eigenvalue weighted by Gasteiger charge is -1.99. The summed E-state index contributed by atoms with van der Waals surface area (Å²) in [5.41, 5.74) is 3.80. The van der Waals surface area contributed by atoms with Crippen LogP contribution in [0.3, 0.4) is 0 Å². The van der Waals surface area contributed by atoms with Crippen LogP contribution in [0.5, 0.6) is 11.5 Å². The van der Waals surface area contributed by atoms with Crippen molar-refractivity contribution in [2.24, 2.45) is 0 Å². The fourth-order valence-electron chi connectivity index (χ4n) is 2.24. The number of nitrogens with zero attached hydrogens (tertiary/aromatic N) is 2. The van der Waals surface area contributed by atoms with Crippen LogP contribution in [0.4, 0.5) is 0 Å². The molecule has 0 aliphatic carbocycles. The molecule has 104 valence electrons. The Kier molecular flexibility index (Phi) is 2.89. The van der Waals surface area contributed by atoms with Crippen molar-refractivity contribution >= 4 is 15.9 Å². The molecule has 0 saturated heterocycles. The van der Waals surface area contributed by atoms with Crippen molar-refractivity contribution in [3.63, 3.8) is 0 Å². The largest absolute Gasteiger partial charge is 0.454 e. The molecule has 5 nitrogen and oxygen atoms in total. The first-order chi connectivity index (χ1) is 10.3. The van der Waals surface area contributed by atoms with E-state index in [0.29, 0.717) is 0 Å². The van der Waals surface area contributed by atoms with Crippen LogP contribution in [0, 0.1) is 0 Å². The van der Waals surface area contributed by atoms with Crippen molar-refractivity contribution in [1.82, 2.24) is 15.2 Å². The molecular weight excluding hydrogens is 334 g/mol. The summed E-state index contributed by atoms with van der Waals surface area (Å²) in [5.74, 6) is 1.52. The van der Waals surface area contributed by atoms with Gasteiger partial charge in [-0.3, -0.25) is 5.10 Å². The standard InChI is InChI=1S/C15H10BrN3O2/c16-15-6-10(3-4-17-15)12-7-11(18-19-12)9-1-2-13-14(5-9)21-8-20-13/h1-7H,8H2,(H,18,19). The molecule has 1 aliphatic rings. The Morgan fingerprint density at radius 1 is 1.00 bits per heavy atom. The van der Waals surface area contributed by atoms with E-state index in [1.165, 1.54) is 0 Å². The third kappa shape index (κ3) is 2.27. The van der Waals surface area contributed by atoms with Gasteiger partial charge in [0.05, 0.1) is 11.4 Å². The smallest absolute Gasteiger partial charge is 0.231 e. The van der Waals surface area contributed by atoms with Gasteiger partial charge in [0, 0.05) is 17.3 Å². The summed E-state index contributed by atoms with van der Waals surface area (Å²) >= 11 is 3.37. The van der Waals surface area contributed by atoms with Gasteiger partial charge in [-0.25, -0.2) is 4.98 Å². The van der Waals surface area contributed by atoms with Crippen LogP contribution in [-0.2, 0) is 0 Å². The van der Waals surface area contributed by atoms with E-state index in [-0.39, 0.29) is 6.79 Å². The lowest BCUT2D eigenvalue weighted by molar-refractivity contribution is 0.174. The van der Waals surface area contributed by atoms with Gasteiger partial charge in [-0.1, -0.05) is 0 Å². The van der Waals surface area contributed by atoms with Crippen LogP contribution < -0.4 is 9.47 Å². The number of fused-ring (bicyclic) bond motifs is 1. The third-order valence-electron chi connectivity index (χ3n) is 3.28. The number of aromatic amines is 1. The molecule has 6 heteroatoms. The number of H-pyrrole nitrogens is 1. The van der Waals surface area contributed by atoms with Gasteiger partial charge < -0.3 is 9.47 Å². The van der Waals surface area contributed by atoms with E-state index in [2.05, 4.69) is 31.1 Å². The Morgan fingerprint density at radius 2 is 1.90 bits per heavy atom. The van der Waals surface area contributed by atoms with Crippen LogP contribution in [-0.4, -0.2) is 22.0 Å². The Labute approximate surface area is 129 Å². The van der Waals surface area contributed by atoms with Crippen molar-refractivity contribution in [1.29, 1.82) is 0 Å². The average Bonchev–Trinajstić information content (AvgIpc) is 3.15. The van der Waals surface area contributed by atoms with Crippen LogP contribution in [0.25, 0.3) is 22.5 Å². The molecule has 1 N–H and O–H groups in total. The maximum atomic E-state index is 5.39. The molecule has 21 heavy (non-hydrogen) atoms. The highest BCUT2D eigenvalue weighted by Crippen LogP contribution is 2.36. The van der Waals surface area contributed by atoms with Crippen molar-refractivity contribution in [3.05, 3.63) is 47.2 Å². The summed E-state index contributed by atoms with van der Waals surface area (Å²) in [6.07, 6.45) is 1.75. The lowest BCUT2D eigenvalue weighted by Crippen LogP contribution is -1.92. The number of nitrogens with one attached hydrogen (secondary N) is 1. The maximum Gasteiger partial charge on any atom is 0.231 e. The second kappa shape index (κ2) is 4.89. The number of hydrogen-bond acceptors (Lipinski definition) is 4. The summed E-state index contributed by atoms with van der Waals surface area (Å²) in [5, 5.41) is 7.41. The summed E-state index contributed by atoms with van der Waals surface area (Å²) in [6, 6.07) is 11.7. The zero-order chi connectivity index (χ0) is 14.2. The van der Waals surface area contributed by atoms with Crippen LogP contribution >= 0.6 is 15.9 Å². The topological polar surface area (TPSA) is 60.0 Å². The summed E-state index contributed by atoms with van der Waals surface area (Å²) in [6.45, 7) is 0.273. The van der Waals surface area contributed by atoms with Gasteiger partial charge in [0.15, 0.2) is 11.5 Å². The summed E-state index contributed by atoms with van der Waals surface area (Å²) in [4.78, 5) is 4.12. The Bertz CT molecular complexity index is 816. The van der Waals surface area contributed by atoms with Crippen molar-refractivity contribution in [2.75, 3.05) is 6.79 Å². The summed E-state index contributed by atoms with van der Waals surface area (Å²) < 4.78 is 11.5. The predicted octanol–water partition coefficient (Wildman–Crippen LogP) is 3.63. The van der Waals surface area contributed by atoms with E-state index in [1.807, 2.05) is 36.4 Å². The molecule has 0 radical (unpaired) electrons. The highest BCUT2D eigenvalue weighted by molar-refractivity contribution is 9.10. The molecule has 0 bridgehead atoms. The van der Waals surface area contributed by atoms with E-state index in [1.54, 1.807) is 6.20 Å². The van der Waals surface area contributed by atoms with Gasteiger partial charge >= 0.3 is 0 Å². The maximum absolute atomic E-state index is 5.39. The molecule has 0 unspecified atom stereocenters. The van der Waals surface area contributed by atoms with E-state index in [0.717, 1.165) is 38.6 Å². The number of pyridine rings is 1. The van der Waals surface area contributed by atoms with Crippen molar-refractivity contribution in [2.45, 2.75) is 0 Å². The Morgan fingerprint density at radius 3 is 2.81 bits per heavy atom. The molecule has 1 aliphatic heterocycles. The normalized spacial score (nSPS) is 12.6. The first-order valence-corrected chi connectivity index (χ1v) is 7.16. The monoisotopic (exact) mass is 343 g/mol. The summed E-state index contributed by atoms with van der Waals surface area (Å²) in [7, 11) is 0. The first-order valence-electron chi connectivity index (χ1n) is 6.37. The number of benzene rings is 1. The predicted molar refractivity (Wildman–Crippen MR) is 81.1 cm³/mol. The second-order valence-electron chi connectivity index (χ2n) is 4.60. The molecule has 3 aromatic rings. The number of halogens is 1. The van der Waals surface area contributed by atoms with Gasteiger partial charge in [-0.15, -0.1) is 0 Å². The molecule has 0 fully saturated rings. The third-order valence-corrected chi connectivity index (χ3v) is 3.72. The molecule has 3 heterocycles. The number of hydrogen-bond donors (Lipinski definition) is 1. The molecule has 0 amide bonds. The average molecular weight is 344 g/mol.